The molecule has 0 heterocycles. The van der Waals surface area contributed by atoms with Gasteiger partial charge in [0.2, 0.25) is 0 Å². The van der Waals surface area contributed by atoms with E-state index in [1.807, 2.05) is 20.8 Å². The maximum Gasteiger partial charge on any atom is 0.500 e. The highest BCUT2D eigenvalue weighted by atomic mass is 28.4. The topological polar surface area (TPSA) is 66.0 Å². The van der Waals surface area contributed by atoms with Gasteiger partial charge in [-0.1, -0.05) is 25.7 Å². The summed E-state index contributed by atoms with van der Waals surface area (Å²) in [5.74, 6) is 0.848. The van der Waals surface area contributed by atoms with Gasteiger partial charge in [0, 0.05) is 32.4 Å². The maximum absolute atomic E-state index is 11.7. The van der Waals surface area contributed by atoms with Gasteiger partial charge in [-0.3, -0.25) is 0 Å². The molecule has 0 aromatic carbocycles. The second-order valence-electron chi connectivity index (χ2n) is 6.44. The van der Waals surface area contributed by atoms with Crippen LogP contribution in [0.2, 0.25) is 6.04 Å². The van der Waals surface area contributed by atoms with E-state index in [4.69, 9.17) is 18.0 Å². The fourth-order valence-corrected chi connectivity index (χ4v) is 6.00. The van der Waals surface area contributed by atoms with Crippen LogP contribution in [-0.4, -0.2) is 47.9 Å². The summed E-state index contributed by atoms with van der Waals surface area (Å²) in [6, 6.07) is 0.699. The zero-order chi connectivity index (χ0) is 18.4. The van der Waals surface area contributed by atoms with Crippen LogP contribution in [0.5, 0.6) is 0 Å². The Morgan fingerprint density at radius 1 is 1.00 bits per heavy atom. The second kappa shape index (κ2) is 13.6. The molecule has 0 aromatic heterocycles. The number of hydrogen-bond acceptors (Lipinski definition) is 5. The lowest BCUT2D eigenvalue weighted by atomic mass is 10.0. The molecule has 0 radical (unpaired) electrons. The Kier molecular flexibility index (Phi) is 12.1. The van der Waals surface area contributed by atoms with Crippen molar-refractivity contribution in [3.63, 3.8) is 0 Å². The zero-order valence-corrected chi connectivity index (χ0v) is 17.3. The van der Waals surface area contributed by atoms with Crippen molar-refractivity contribution < 1.29 is 22.8 Å². The fraction of sp³-hybridized carbons (Fsp3) is 0.944. The van der Waals surface area contributed by atoms with E-state index < -0.39 is 8.80 Å². The molecule has 1 rings (SSSR count). The molecule has 1 N–H and O–H groups in total. The molecule has 0 spiro atoms. The first-order valence-corrected chi connectivity index (χ1v) is 11.9. The van der Waals surface area contributed by atoms with Gasteiger partial charge in [0.1, 0.15) is 0 Å². The van der Waals surface area contributed by atoms with E-state index in [2.05, 4.69) is 5.32 Å². The normalized spacial score (nSPS) is 15.5. The average molecular weight is 376 g/mol. The van der Waals surface area contributed by atoms with Crippen LogP contribution in [-0.2, 0) is 18.0 Å². The van der Waals surface area contributed by atoms with Crippen LogP contribution in [0.25, 0.3) is 0 Å². The third-order valence-electron chi connectivity index (χ3n) is 4.49. The van der Waals surface area contributed by atoms with E-state index in [9.17, 15) is 4.79 Å². The van der Waals surface area contributed by atoms with Crippen LogP contribution >= 0.6 is 0 Å². The van der Waals surface area contributed by atoms with Crippen molar-refractivity contribution in [2.75, 3.05) is 33.0 Å². The van der Waals surface area contributed by atoms with Crippen molar-refractivity contribution in [1.82, 2.24) is 5.32 Å². The molecule has 1 aliphatic carbocycles. The first-order chi connectivity index (χ1) is 12.2. The number of carbonyl (C=O) groups excluding carboxylic acids is 1. The van der Waals surface area contributed by atoms with Crippen molar-refractivity contribution in [2.24, 2.45) is 5.92 Å². The minimum atomic E-state index is -2.61. The summed E-state index contributed by atoms with van der Waals surface area (Å²) in [4.78, 5) is 11.7. The van der Waals surface area contributed by atoms with Gasteiger partial charge in [0.05, 0.1) is 6.61 Å². The Morgan fingerprint density at radius 3 is 2.16 bits per heavy atom. The molecule has 6 nitrogen and oxygen atoms in total. The Hall–Kier alpha value is -0.633. The van der Waals surface area contributed by atoms with Gasteiger partial charge >= 0.3 is 14.9 Å². The number of hydrogen-bond donors (Lipinski definition) is 1. The van der Waals surface area contributed by atoms with Crippen molar-refractivity contribution in [1.29, 1.82) is 0 Å². The highest BCUT2D eigenvalue weighted by Gasteiger charge is 2.39. The van der Waals surface area contributed by atoms with Crippen LogP contribution in [0.3, 0.4) is 0 Å². The van der Waals surface area contributed by atoms with Gasteiger partial charge in [-0.25, -0.2) is 4.79 Å². The van der Waals surface area contributed by atoms with Gasteiger partial charge in [-0.2, -0.15) is 0 Å². The van der Waals surface area contributed by atoms with E-state index in [1.165, 1.54) is 32.1 Å². The maximum atomic E-state index is 11.7. The summed E-state index contributed by atoms with van der Waals surface area (Å²) in [5, 5.41) is 2.80. The monoisotopic (exact) mass is 375 g/mol. The number of alkyl carbamates (subject to hydrolysis) is 1. The number of rotatable bonds is 14. The smallest absolute Gasteiger partial charge is 0.450 e. The third kappa shape index (κ3) is 9.58. The molecule has 1 fully saturated rings. The van der Waals surface area contributed by atoms with Crippen LogP contribution in [0.4, 0.5) is 4.79 Å². The SMILES string of the molecule is CCO[Si](CCCNC(=O)OCCCC1CCCC1)(OCC)OCC. The lowest BCUT2D eigenvalue weighted by Crippen LogP contribution is -2.46. The quantitative estimate of drug-likeness (QED) is 0.365. The van der Waals surface area contributed by atoms with Gasteiger partial charge in [-0.15, -0.1) is 0 Å². The molecule has 0 aromatic rings. The molecule has 7 heteroatoms. The fourth-order valence-electron chi connectivity index (χ4n) is 3.38. The van der Waals surface area contributed by atoms with E-state index in [0.29, 0.717) is 39.0 Å². The molecule has 1 aliphatic rings. The van der Waals surface area contributed by atoms with Crippen molar-refractivity contribution in [2.45, 2.75) is 71.8 Å². The van der Waals surface area contributed by atoms with Crippen molar-refractivity contribution in [3.8, 4) is 0 Å². The predicted octanol–water partition coefficient (Wildman–Crippen LogP) is 4.12. The predicted molar refractivity (Wildman–Crippen MR) is 101 cm³/mol. The number of ether oxygens (including phenoxy) is 1. The minimum absolute atomic E-state index is 0.331. The first kappa shape index (κ1) is 22.4. The molecule has 148 valence electrons. The molecular weight excluding hydrogens is 338 g/mol. The largest absolute Gasteiger partial charge is 0.500 e. The highest BCUT2D eigenvalue weighted by molar-refractivity contribution is 6.60. The molecule has 0 unspecified atom stereocenters. The second-order valence-corrected chi connectivity index (χ2v) is 9.17. The molecule has 25 heavy (non-hydrogen) atoms. The molecule has 0 atom stereocenters. The first-order valence-electron chi connectivity index (χ1n) is 9.98. The zero-order valence-electron chi connectivity index (χ0n) is 16.3. The average Bonchev–Trinajstić information content (AvgIpc) is 3.10. The molecule has 0 bridgehead atoms. The Morgan fingerprint density at radius 2 is 1.60 bits per heavy atom. The van der Waals surface area contributed by atoms with Crippen LogP contribution in [0.1, 0.15) is 65.7 Å². The van der Waals surface area contributed by atoms with Crippen molar-refractivity contribution >= 4 is 14.9 Å². The molecule has 0 aliphatic heterocycles. The standard InChI is InChI=1S/C18H37NO5Si/c1-4-22-25(23-5-2,24-6-3)16-10-14-19-18(20)21-15-9-13-17-11-7-8-12-17/h17H,4-16H2,1-3H3,(H,19,20). The number of nitrogens with one attached hydrogen (secondary N) is 1. The third-order valence-corrected chi connectivity index (χ3v) is 7.64. The van der Waals surface area contributed by atoms with E-state index in [0.717, 1.165) is 18.8 Å². The van der Waals surface area contributed by atoms with E-state index in [-0.39, 0.29) is 6.09 Å². The lowest BCUT2D eigenvalue weighted by Gasteiger charge is -2.28. The van der Waals surface area contributed by atoms with Gasteiger partial charge in [0.25, 0.3) is 0 Å². The molecular formula is C18H37NO5Si. The number of carbonyl (C=O) groups is 1. The highest BCUT2D eigenvalue weighted by Crippen LogP contribution is 2.28. The van der Waals surface area contributed by atoms with E-state index >= 15 is 0 Å². The minimum Gasteiger partial charge on any atom is -0.450 e. The summed E-state index contributed by atoms with van der Waals surface area (Å²) in [7, 11) is -2.61. The Balaban J connectivity index is 2.13. The molecule has 1 amide bonds. The van der Waals surface area contributed by atoms with Gasteiger partial charge < -0.3 is 23.3 Å². The van der Waals surface area contributed by atoms with Crippen molar-refractivity contribution in [3.05, 3.63) is 0 Å². The Bertz CT molecular complexity index is 333. The van der Waals surface area contributed by atoms with Gasteiger partial charge in [0.15, 0.2) is 0 Å². The van der Waals surface area contributed by atoms with E-state index in [1.54, 1.807) is 0 Å². The van der Waals surface area contributed by atoms with Crippen LogP contribution in [0.15, 0.2) is 0 Å². The van der Waals surface area contributed by atoms with Crippen LogP contribution < -0.4 is 5.32 Å². The molecule has 0 saturated heterocycles. The Labute approximate surface area is 154 Å². The van der Waals surface area contributed by atoms with Crippen LogP contribution in [0, 0.1) is 5.92 Å². The number of amides is 1. The summed E-state index contributed by atoms with van der Waals surface area (Å²) >= 11 is 0. The summed E-state index contributed by atoms with van der Waals surface area (Å²) in [6.07, 6.45) is 7.98. The van der Waals surface area contributed by atoms with Gasteiger partial charge in [-0.05, 0) is 46.0 Å². The summed E-state index contributed by atoms with van der Waals surface area (Å²) in [5.41, 5.74) is 0. The molecule has 1 saturated carbocycles. The lowest BCUT2D eigenvalue weighted by molar-refractivity contribution is 0.0706. The summed E-state index contributed by atoms with van der Waals surface area (Å²) < 4.78 is 22.6. The summed E-state index contributed by atoms with van der Waals surface area (Å²) in [6.45, 7) is 8.61.